The Bertz CT molecular complexity index is 510. The number of carbonyl (C=O) groups is 1. The molecule has 1 aliphatic heterocycles. The van der Waals surface area contributed by atoms with E-state index in [1.165, 1.54) is 12.1 Å². The first-order valence-corrected chi connectivity index (χ1v) is 6.34. The van der Waals surface area contributed by atoms with Crippen LogP contribution in [-0.2, 0) is 0 Å². The Labute approximate surface area is 109 Å². The second kappa shape index (κ2) is 3.93. The van der Waals surface area contributed by atoms with Crippen LogP contribution < -0.4 is 0 Å². The second-order valence-electron chi connectivity index (χ2n) is 5.16. The normalized spacial score (nSPS) is 21.6. The number of benzene rings is 1. The molecule has 0 unspecified atom stereocenters. The topological polar surface area (TPSA) is 40.5 Å². The molecule has 1 aliphatic carbocycles. The van der Waals surface area contributed by atoms with E-state index in [1.807, 2.05) is 0 Å². The predicted octanol–water partition coefficient (Wildman–Crippen LogP) is 2.08. The zero-order valence-electron chi connectivity index (χ0n) is 9.70. The third-order valence-corrected chi connectivity index (χ3v) is 4.03. The highest BCUT2D eigenvalue weighted by Gasteiger charge is 2.53. The Morgan fingerprint density at radius 2 is 2.11 bits per heavy atom. The molecule has 1 N–H and O–H groups in total. The molecule has 96 valence electrons. The molecule has 2 aliphatic rings. The van der Waals surface area contributed by atoms with Gasteiger partial charge in [0.25, 0.3) is 5.91 Å². The van der Waals surface area contributed by atoms with Crippen LogP contribution in [0.3, 0.4) is 0 Å². The van der Waals surface area contributed by atoms with Crippen molar-refractivity contribution in [2.75, 3.05) is 13.1 Å². The van der Waals surface area contributed by atoms with E-state index in [4.69, 9.17) is 11.6 Å². The van der Waals surface area contributed by atoms with Gasteiger partial charge in [0.05, 0.1) is 23.7 Å². The Kier molecular flexibility index (Phi) is 2.61. The minimum absolute atomic E-state index is 0.113. The van der Waals surface area contributed by atoms with Gasteiger partial charge in [-0.05, 0) is 37.0 Å². The van der Waals surface area contributed by atoms with E-state index < -0.39 is 11.4 Å². The number of carbonyl (C=O) groups excluding carboxylic acids is 1. The van der Waals surface area contributed by atoms with Crippen LogP contribution in [0.2, 0.25) is 5.02 Å². The lowest BCUT2D eigenvalue weighted by atomic mass is 9.88. The molecular weight excluding hydrogens is 257 g/mol. The summed E-state index contributed by atoms with van der Waals surface area (Å²) in [6.07, 6.45) is 2.08. The summed E-state index contributed by atoms with van der Waals surface area (Å²) < 4.78 is 12.9. The fourth-order valence-electron chi connectivity index (χ4n) is 2.47. The summed E-state index contributed by atoms with van der Waals surface area (Å²) in [7, 11) is 0. The molecule has 1 saturated heterocycles. The van der Waals surface area contributed by atoms with Gasteiger partial charge in [0.15, 0.2) is 0 Å². The monoisotopic (exact) mass is 269 g/mol. The molecule has 0 bridgehead atoms. The third-order valence-electron chi connectivity index (χ3n) is 3.72. The van der Waals surface area contributed by atoms with Crippen molar-refractivity contribution < 1.29 is 14.3 Å². The summed E-state index contributed by atoms with van der Waals surface area (Å²) in [5.41, 5.74) is -0.418. The zero-order valence-corrected chi connectivity index (χ0v) is 10.5. The Morgan fingerprint density at radius 1 is 1.44 bits per heavy atom. The van der Waals surface area contributed by atoms with Crippen LogP contribution >= 0.6 is 11.6 Å². The summed E-state index contributed by atoms with van der Waals surface area (Å²) in [6.45, 7) is 0.703. The second-order valence-corrected chi connectivity index (χ2v) is 5.57. The summed E-state index contributed by atoms with van der Waals surface area (Å²) in [6, 6.07) is 3.72. The molecule has 0 atom stereocenters. The third kappa shape index (κ3) is 1.89. The molecule has 1 heterocycles. The van der Waals surface area contributed by atoms with E-state index in [0.717, 1.165) is 18.9 Å². The van der Waals surface area contributed by atoms with E-state index in [-0.39, 0.29) is 16.5 Å². The maximum atomic E-state index is 12.9. The number of likely N-dealkylation sites (tertiary alicyclic amines) is 1. The van der Waals surface area contributed by atoms with Crippen LogP contribution in [0.5, 0.6) is 0 Å². The van der Waals surface area contributed by atoms with Gasteiger partial charge >= 0.3 is 0 Å². The smallest absolute Gasteiger partial charge is 0.255 e. The molecule has 3 nitrogen and oxygen atoms in total. The first-order valence-electron chi connectivity index (χ1n) is 5.96. The van der Waals surface area contributed by atoms with Crippen LogP contribution in [0.1, 0.15) is 23.2 Å². The number of β-amino-alcohol motifs (C(OH)–C–C–N with tert-alkyl or cyclic N) is 1. The van der Waals surface area contributed by atoms with E-state index in [9.17, 15) is 14.3 Å². The lowest BCUT2D eigenvalue weighted by Gasteiger charge is -2.47. The van der Waals surface area contributed by atoms with Gasteiger partial charge in [-0.15, -0.1) is 0 Å². The fourth-order valence-corrected chi connectivity index (χ4v) is 2.72. The zero-order chi connectivity index (χ0) is 12.9. The first kappa shape index (κ1) is 11.9. The minimum Gasteiger partial charge on any atom is -0.386 e. The van der Waals surface area contributed by atoms with E-state index in [0.29, 0.717) is 19.0 Å². The maximum Gasteiger partial charge on any atom is 0.255 e. The summed E-state index contributed by atoms with van der Waals surface area (Å²) in [4.78, 5) is 13.7. The van der Waals surface area contributed by atoms with Crippen LogP contribution in [-0.4, -0.2) is 34.6 Å². The molecule has 1 aromatic carbocycles. The lowest BCUT2D eigenvalue weighted by Crippen LogP contribution is -2.64. The number of rotatable bonds is 2. The van der Waals surface area contributed by atoms with Crippen molar-refractivity contribution in [2.24, 2.45) is 5.92 Å². The number of nitrogens with zero attached hydrogens (tertiary/aromatic N) is 1. The SMILES string of the molecule is O=C(c1ccc(F)cc1Cl)N1CC(O)(C2CC2)C1. The van der Waals surface area contributed by atoms with Gasteiger partial charge in [0.1, 0.15) is 11.4 Å². The van der Waals surface area contributed by atoms with Gasteiger partial charge in [0, 0.05) is 0 Å². The van der Waals surface area contributed by atoms with Crippen molar-refractivity contribution in [1.29, 1.82) is 0 Å². The largest absolute Gasteiger partial charge is 0.386 e. The predicted molar refractivity (Wildman–Crippen MR) is 65.0 cm³/mol. The van der Waals surface area contributed by atoms with Gasteiger partial charge < -0.3 is 10.0 Å². The Balaban J connectivity index is 1.72. The van der Waals surface area contributed by atoms with Gasteiger partial charge in [-0.25, -0.2) is 4.39 Å². The number of aliphatic hydroxyl groups is 1. The van der Waals surface area contributed by atoms with Gasteiger partial charge in [-0.3, -0.25) is 4.79 Å². The van der Waals surface area contributed by atoms with Gasteiger partial charge in [0.2, 0.25) is 0 Å². The Hall–Kier alpha value is -1.13. The molecule has 1 saturated carbocycles. The minimum atomic E-state index is -0.706. The molecule has 2 fully saturated rings. The van der Waals surface area contributed by atoms with Crippen molar-refractivity contribution in [2.45, 2.75) is 18.4 Å². The molecule has 18 heavy (non-hydrogen) atoms. The van der Waals surface area contributed by atoms with E-state index >= 15 is 0 Å². The summed E-state index contributed by atoms with van der Waals surface area (Å²) in [5.74, 6) is -0.370. The van der Waals surface area contributed by atoms with E-state index in [1.54, 1.807) is 4.90 Å². The molecule has 3 rings (SSSR count). The van der Waals surface area contributed by atoms with Crippen molar-refractivity contribution in [3.8, 4) is 0 Å². The van der Waals surface area contributed by atoms with Crippen molar-refractivity contribution >= 4 is 17.5 Å². The van der Waals surface area contributed by atoms with Crippen molar-refractivity contribution in [1.82, 2.24) is 4.90 Å². The number of hydrogen-bond acceptors (Lipinski definition) is 2. The highest BCUT2D eigenvalue weighted by Crippen LogP contribution is 2.44. The average molecular weight is 270 g/mol. The van der Waals surface area contributed by atoms with Crippen LogP contribution in [0.15, 0.2) is 18.2 Å². The molecule has 1 aromatic rings. The quantitative estimate of drug-likeness (QED) is 0.893. The fraction of sp³-hybridized carbons (Fsp3) is 0.462. The van der Waals surface area contributed by atoms with Crippen molar-refractivity contribution in [3.63, 3.8) is 0 Å². The molecule has 1 amide bonds. The number of halogens is 2. The van der Waals surface area contributed by atoms with Gasteiger partial charge in [-0.1, -0.05) is 11.6 Å². The molecule has 0 radical (unpaired) electrons. The Morgan fingerprint density at radius 3 is 2.67 bits per heavy atom. The molecule has 0 aromatic heterocycles. The lowest BCUT2D eigenvalue weighted by molar-refractivity contribution is -0.0958. The standard InChI is InChI=1S/C13H13ClFNO2/c14-11-5-9(15)3-4-10(11)12(17)16-6-13(18,7-16)8-1-2-8/h3-5,8,18H,1-2,6-7H2. The molecule has 5 heteroatoms. The maximum absolute atomic E-state index is 12.9. The van der Waals surface area contributed by atoms with Gasteiger partial charge in [-0.2, -0.15) is 0 Å². The summed E-state index contributed by atoms with van der Waals surface area (Å²) in [5, 5.41) is 10.3. The van der Waals surface area contributed by atoms with Crippen LogP contribution in [0.4, 0.5) is 4.39 Å². The number of hydrogen-bond donors (Lipinski definition) is 1. The average Bonchev–Trinajstić information content (AvgIpc) is 3.08. The van der Waals surface area contributed by atoms with E-state index in [2.05, 4.69) is 0 Å². The highest BCUT2D eigenvalue weighted by molar-refractivity contribution is 6.33. The molecule has 0 spiro atoms. The first-order chi connectivity index (χ1) is 8.49. The highest BCUT2D eigenvalue weighted by atomic mass is 35.5. The summed E-state index contributed by atoms with van der Waals surface area (Å²) >= 11 is 5.85. The number of amides is 1. The van der Waals surface area contributed by atoms with Crippen LogP contribution in [0, 0.1) is 11.7 Å². The van der Waals surface area contributed by atoms with Crippen molar-refractivity contribution in [3.05, 3.63) is 34.6 Å². The van der Waals surface area contributed by atoms with Crippen LogP contribution in [0.25, 0.3) is 0 Å². The molecular formula is C13H13ClFNO2.